The summed E-state index contributed by atoms with van der Waals surface area (Å²) in [5.74, 6) is -6.06. The Labute approximate surface area is 141 Å². The van der Waals surface area contributed by atoms with Gasteiger partial charge in [0.15, 0.2) is 0 Å². The van der Waals surface area contributed by atoms with Gasteiger partial charge in [0.1, 0.15) is 18.1 Å². The predicted molar refractivity (Wildman–Crippen MR) is 78.9 cm³/mol. The van der Waals surface area contributed by atoms with Crippen LogP contribution < -0.4 is 21.7 Å². The van der Waals surface area contributed by atoms with Crippen LogP contribution >= 0.6 is 0 Å². The summed E-state index contributed by atoms with van der Waals surface area (Å²) in [6.07, 6.45) is -0.918. The van der Waals surface area contributed by atoms with Crippen molar-refractivity contribution >= 4 is 29.7 Å². The van der Waals surface area contributed by atoms with Crippen molar-refractivity contribution in [2.24, 2.45) is 5.73 Å². The third-order valence-electron chi connectivity index (χ3n) is 2.83. The van der Waals surface area contributed by atoms with Gasteiger partial charge in [-0.25, -0.2) is 4.79 Å². The Balaban J connectivity index is 4.91. The molecule has 0 radical (unpaired) electrons. The van der Waals surface area contributed by atoms with Crippen LogP contribution in [0.5, 0.6) is 0 Å². The number of rotatable bonds is 11. The molecule has 0 aromatic rings. The molecular weight excluding hydrogens is 344 g/mol. The zero-order valence-electron chi connectivity index (χ0n) is 13.0. The summed E-state index contributed by atoms with van der Waals surface area (Å²) in [7, 11) is 0. The second kappa shape index (κ2) is 10.9. The molecule has 0 aliphatic heterocycles. The van der Waals surface area contributed by atoms with E-state index in [4.69, 9.17) is 26.2 Å². The van der Waals surface area contributed by atoms with Gasteiger partial charge in [-0.2, -0.15) is 0 Å². The van der Waals surface area contributed by atoms with Gasteiger partial charge in [0.2, 0.25) is 17.7 Å². The maximum absolute atomic E-state index is 11.9. The molecule has 0 aromatic heterocycles. The Morgan fingerprint density at radius 2 is 1.24 bits per heavy atom. The second-order valence-corrected chi connectivity index (χ2v) is 4.75. The fourth-order valence-electron chi connectivity index (χ4n) is 1.56. The van der Waals surface area contributed by atoms with E-state index in [2.05, 4.69) is 5.32 Å². The summed E-state index contributed by atoms with van der Waals surface area (Å²) in [6, 6.07) is -4.86. The number of carboxylic acid groups (broad SMARTS) is 2. The molecule has 0 heterocycles. The van der Waals surface area contributed by atoms with Gasteiger partial charge in [-0.1, -0.05) is 0 Å². The van der Waals surface area contributed by atoms with Gasteiger partial charge in [-0.3, -0.25) is 19.2 Å². The number of aliphatic hydroxyl groups is 2. The van der Waals surface area contributed by atoms with Crippen LogP contribution in [0.15, 0.2) is 0 Å². The number of hydrogen-bond donors (Lipinski definition) is 8. The number of hydrogen-bond acceptors (Lipinski definition) is 8. The first-order valence-electron chi connectivity index (χ1n) is 6.92. The number of carbonyl (C=O) groups is 5. The molecule has 13 heteroatoms. The van der Waals surface area contributed by atoms with Crippen molar-refractivity contribution < 1.29 is 44.4 Å². The third-order valence-corrected chi connectivity index (χ3v) is 2.83. The predicted octanol–water partition coefficient (Wildman–Crippen LogP) is -5.06. The molecule has 0 bridgehead atoms. The molecule has 3 atom stereocenters. The van der Waals surface area contributed by atoms with Crippen molar-refractivity contribution in [3.63, 3.8) is 0 Å². The number of nitrogens with one attached hydrogen (secondary N) is 3. The Morgan fingerprint density at radius 3 is 1.60 bits per heavy atom. The highest BCUT2D eigenvalue weighted by molar-refractivity contribution is 5.94. The Hall–Kier alpha value is -2.77. The lowest BCUT2D eigenvalue weighted by atomic mass is 10.1. The summed E-state index contributed by atoms with van der Waals surface area (Å²) >= 11 is 0. The molecule has 25 heavy (non-hydrogen) atoms. The van der Waals surface area contributed by atoms with Crippen molar-refractivity contribution in [1.29, 1.82) is 0 Å². The van der Waals surface area contributed by atoms with E-state index >= 15 is 0 Å². The number of amides is 3. The average Bonchev–Trinajstić information content (AvgIpc) is 2.55. The highest BCUT2D eigenvalue weighted by atomic mass is 16.4. The summed E-state index contributed by atoms with van der Waals surface area (Å²) in [6.45, 7) is -2.22. The van der Waals surface area contributed by atoms with Crippen LogP contribution in [0.4, 0.5) is 0 Å². The van der Waals surface area contributed by atoms with Crippen molar-refractivity contribution in [2.45, 2.75) is 24.5 Å². The molecule has 0 saturated carbocycles. The molecule has 0 aliphatic rings. The SMILES string of the molecule is NCC(=O)NC(CO)C(=O)NC(CO)C(=O)NC(CC(=O)O)C(=O)O. The number of carbonyl (C=O) groups excluding carboxylic acids is 3. The van der Waals surface area contributed by atoms with E-state index in [1.54, 1.807) is 0 Å². The van der Waals surface area contributed by atoms with Gasteiger partial charge in [0.05, 0.1) is 26.2 Å². The summed E-state index contributed by atoms with van der Waals surface area (Å²) < 4.78 is 0. The van der Waals surface area contributed by atoms with Gasteiger partial charge < -0.3 is 42.1 Å². The molecule has 3 unspecified atom stereocenters. The van der Waals surface area contributed by atoms with E-state index in [9.17, 15) is 24.0 Å². The molecule has 0 fully saturated rings. The topological polar surface area (TPSA) is 228 Å². The zero-order chi connectivity index (χ0) is 19.6. The van der Waals surface area contributed by atoms with E-state index < -0.39 is 74.0 Å². The second-order valence-electron chi connectivity index (χ2n) is 4.75. The lowest BCUT2D eigenvalue weighted by Gasteiger charge is -2.22. The van der Waals surface area contributed by atoms with Gasteiger partial charge in [-0.15, -0.1) is 0 Å². The molecule has 13 nitrogen and oxygen atoms in total. The normalized spacial score (nSPS) is 13.9. The van der Waals surface area contributed by atoms with Crippen LogP contribution in [0.2, 0.25) is 0 Å². The third kappa shape index (κ3) is 8.05. The van der Waals surface area contributed by atoms with Gasteiger partial charge in [0.25, 0.3) is 0 Å². The largest absolute Gasteiger partial charge is 0.481 e. The molecule has 3 amide bonds. The summed E-state index contributed by atoms with van der Waals surface area (Å²) in [5.41, 5.74) is 5.04. The first-order chi connectivity index (χ1) is 11.7. The van der Waals surface area contributed by atoms with Crippen molar-refractivity contribution in [2.75, 3.05) is 19.8 Å². The number of carboxylic acids is 2. The van der Waals surface area contributed by atoms with E-state index in [0.29, 0.717) is 0 Å². The zero-order valence-corrected chi connectivity index (χ0v) is 13.0. The molecule has 0 spiro atoms. The van der Waals surface area contributed by atoms with Gasteiger partial charge >= 0.3 is 11.9 Å². The fraction of sp³-hybridized carbons (Fsp3) is 0.583. The number of aliphatic hydroxyl groups excluding tert-OH is 2. The van der Waals surface area contributed by atoms with Crippen LogP contribution in [0.3, 0.4) is 0 Å². The summed E-state index contributed by atoms with van der Waals surface area (Å²) in [4.78, 5) is 56.3. The minimum Gasteiger partial charge on any atom is -0.481 e. The van der Waals surface area contributed by atoms with Crippen LogP contribution in [-0.4, -0.2) is 88.0 Å². The van der Waals surface area contributed by atoms with Crippen LogP contribution in [0.1, 0.15) is 6.42 Å². The van der Waals surface area contributed by atoms with Crippen molar-refractivity contribution in [3.05, 3.63) is 0 Å². The van der Waals surface area contributed by atoms with E-state index in [1.165, 1.54) is 0 Å². The Morgan fingerprint density at radius 1 is 0.800 bits per heavy atom. The lowest BCUT2D eigenvalue weighted by Crippen LogP contribution is -2.58. The lowest BCUT2D eigenvalue weighted by molar-refractivity contribution is -0.147. The molecule has 9 N–H and O–H groups in total. The van der Waals surface area contributed by atoms with Crippen molar-refractivity contribution in [3.8, 4) is 0 Å². The quantitative estimate of drug-likeness (QED) is 0.174. The highest BCUT2D eigenvalue weighted by Gasteiger charge is 2.29. The fourth-order valence-corrected chi connectivity index (χ4v) is 1.56. The molecular formula is C12H20N4O9. The number of aliphatic carboxylic acids is 2. The number of nitrogens with two attached hydrogens (primary N) is 1. The average molecular weight is 364 g/mol. The molecule has 0 aliphatic carbocycles. The Kier molecular flexibility index (Phi) is 9.69. The minimum absolute atomic E-state index is 0.455. The van der Waals surface area contributed by atoms with E-state index in [1.807, 2.05) is 10.6 Å². The van der Waals surface area contributed by atoms with Crippen LogP contribution in [0, 0.1) is 0 Å². The molecule has 0 rings (SSSR count). The van der Waals surface area contributed by atoms with Crippen LogP contribution in [0.25, 0.3) is 0 Å². The smallest absolute Gasteiger partial charge is 0.326 e. The van der Waals surface area contributed by atoms with Gasteiger partial charge in [0, 0.05) is 0 Å². The molecule has 0 aromatic carbocycles. The van der Waals surface area contributed by atoms with Crippen LogP contribution in [-0.2, 0) is 24.0 Å². The highest BCUT2D eigenvalue weighted by Crippen LogP contribution is 1.96. The van der Waals surface area contributed by atoms with E-state index in [-0.39, 0.29) is 0 Å². The monoisotopic (exact) mass is 364 g/mol. The maximum Gasteiger partial charge on any atom is 0.326 e. The Bertz CT molecular complexity index is 525. The maximum atomic E-state index is 11.9. The summed E-state index contributed by atoms with van der Waals surface area (Å²) in [5, 5.41) is 41.5. The molecule has 142 valence electrons. The molecule has 0 saturated heterocycles. The minimum atomic E-state index is -1.78. The van der Waals surface area contributed by atoms with Gasteiger partial charge in [-0.05, 0) is 0 Å². The first-order valence-corrected chi connectivity index (χ1v) is 6.92. The van der Waals surface area contributed by atoms with Crippen molar-refractivity contribution in [1.82, 2.24) is 16.0 Å². The van der Waals surface area contributed by atoms with E-state index in [0.717, 1.165) is 0 Å². The first kappa shape index (κ1) is 22.2. The standard InChI is InChI=1S/C12H20N4O9/c13-2-8(19)14-6(3-17)10(22)16-7(4-18)11(23)15-5(12(24)25)1-9(20)21/h5-7,17-18H,1-4,13H2,(H,14,19)(H,15,23)(H,16,22)(H,20,21)(H,24,25).